The van der Waals surface area contributed by atoms with Crippen LogP contribution in [-0.4, -0.2) is 27.6 Å². The predicted octanol–water partition coefficient (Wildman–Crippen LogP) is 4.42. The number of carboxylic acids is 1. The summed E-state index contributed by atoms with van der Waals surface area (Å²) in [4.78, 5) is 22.8. The molecule has 1 saturated carbocycles. The Kier molecular flexibility index (Phi) is 10.0. The first-order valence-electron chi connectivity index (χ1n) is 10.0. The number of carbonyl (C=O) groups is 2. The van der Waals surface area contributed by atoms with E-state index in [0.717, 1.165) is 19.3 Å². The van der Waals surface area contributed by atoms with Gasteiger partial charge in [-0.15, -0.1) is 0 Å². The van der Waals surface area contributed by atoms with Crippen molar-refractivity contribution in [2.45, 2.75) is 77.2 Å². The molecule has 0 saturated heterocycles. The van der Waals surface area contributed by atoms with Crippen molar-refractivity contribution in [1.29, 1.82) is 5.26 Å². The van der Waals surface area contributed by atoms with Gasteiger partial charge >= 0.3 is 5.97 Å². The van der Waals surface area contributed by atoms with E-state index in [0.29, 0.717) is 25.7 Å². The fourth-order valence-electron chi connectivity index (χ4n) is 3.55. The van der Waals surface area contributed by atoms with E-state index in [1.807, 2.05) is 18.2 Å². The molecule has 2 N–H and O–H groups in total. The summed E-state index contributed by atoms with van der Waals surface area (Å²) in [6.45, 7) is 3.89. The number of unbranched alkanes of at least 4 members (excludes halogenated alkanes) is 3. The number of hydrogen-bond donors (Lipinski definition) is 2. The number of Topliss-reactive ketones (excluding diaryl/α,β-unsaturated/α-hetero) is 1. The highest BCUT2D eigenvalue weighted by molar-refractivity contribution is 5.85. The largest absolute Gasteiger partial charge is 0.481 e. The zero-order valence-electron chi connectivity index (χ0n) is 16.6. The molecule has 1 aliphatic rings. The number of nitrogens with zero attached hydrogens (tertiary/aromatic N) is 1. The van der Waals surface area contributed by atoms with Crippen LogP contribution in [0.2, 0.25) is 0 Å². The number of aliphatic hydroxyl groups is 1. The van der Waals surface area contributed by atoms with Crippen LogP contribution in [0.25, 0.3) is 0 Å². The highest BCUT2D eigenvalue weighted by Gasteiger charge is 2.40. The van der Waals surface area contributed by atoms with Crippen molar-refractivity contribution in [3.63, 3.8) is 0 Å². The van der Waals surface area contributed by atoms with Crippen molar-refractivity contribution in [2.75, 3.05) is 0 Å². The topological polar surface area (TPSA) is 98.4 Å². The molecule has 0 bridgehead atoms. The Morgan fingerprint density at radius 2 is 2.07 bits per heavy atom. The van der Waals surface area contributed by atoms with Crippen LogP contribution >= 0.6 is 0 Å². The van der Waals surface area contributed by atoms with E-state index in [1.54, 1.807) is 13.0 Å². The average Bonchev–Trinajstić information content (AvgIpc) is 2.91. The molecule has 0 aromatic carbocycles. The van der Waals surface area contributed by atoms with Gasteiger partial charge in [0.1, 0.15) is 5.78 Å². The molecule has 0 aromatic rings. The second kappa shape index (κ2) is 11.7. The second-order valence-electron chi connectivity index (χ2n) is 7.76. The Morgan fingerprint density at radius 3 is 2.70 bits per heavy atom. The van der Waals surface area contributed by atoms with Gasteiger partial charge < -0.3 is 10.2 Å². The maximum absolute atomic E-state index is 12.3. The van der Waals surface area contributed by atoms with Gasteiger partial charge in [-0.05, 0) is 32.6 Å². The summed E-state index contributed by atoms with van der Waals surface area (Å²) >= 11 is 0. The van der Waals surface area contributed by atoms with Crippen LogP contribution < -0.4 is 0 Å². The SMILES string of the molecule is CCCCCC(C)(O)/C=C/C1C(C/C=C/CCCC(=O)O)C(=O)C[C@@H]1C#N. The Bertz CT molecular complexity index is 586. The van der Waals surface area contributed by atoms with Gasteiger partial charge in [0.2, 0.25) is 0 Å². The minimum Gasteiger partial charge on any atom is -0.481 e. The number of aliphatic carboxylic acids is 1. The van der Waals surface area contributed by atoms with Gasteiger partial charge in [-0.25, -0.2) is 0 Å². The van der Waals surface area contributed by atoms with Crippen molar-refractivity contribution in [2.24, 2.45) is 17.8 Å². The van der Waals surface area contributed by atoms with E-state index in [9.17, 15) is 20.0 Å². The molecular weight excluding hydrogens is 342 g/mol. The summed E-state index contributed by atoms with van der Waals surface area (Å²) in [5.74, 6) is -1.47. The fourth-order valence-corrected chi connectivity index (χ4v) is 3.55. The summed E-state index contributed by atoms with van der Waals surface area (Å²) in [7, 11) is 0. The van der Waals surface area contributed by atoms with E-state index < -0.39 is 11.6 Å². The van der Waals surface area contributed by atoms with Gasteiger partial charge in [-0.2, -0.15) is 5.26 Å². The molecule has 27 heavy (non-hydrogen) atoms. The average molecular weight is 376 g/mol. The number of nitriles is 1. The van der Waals surface area contributed by atoms with Crippen LogP contribution in [0.5, 0.6) is 0 Å². The van der Waals surface area contributed by atoms with Crippen LogP contribution in [0.1, 0.15) is 71.6 Å². The minimum absolute atomic E-state index is 0.0945. The molecule has 3 unspecified atom stereocenters. The summed E-state index contributed by atoms with van der Waals surface area (Å²) in [6.07, 6.45) is 13.5. The van der Waals surface area contributed by atoms with Gasteiger partial charge in [0.25, 0.3) is 0 Å². The molecule has 0 spiro atoms. The maximum Gasteiger partial charge on any atom is 0.303 e. The van der Waals surface area contributed by atoms with Crippen LogP contribution in [0.3, 0.4) is 0 Å². The number of allylic oxidation sites excluding steroid dienone is 3. The highest BCUT2D eigenvalue weighted by Crippen LogP contribution is 2.38. The van der Waals surface area contributed by atoms with Gasteiger partial charge in [0.15, 0.2) is 0 Å². The summed E-state index contributed by atoms with van der Waals surface area (Å²) in [6, 6.07) is 2.24. The summed E-state index contributed by atoms with van der Waals surface area (Å²) in [5.41, 5.74) is -0.919. The molecule has 0 amide bonds. The van der Waals surface area contributed by atoms with E-state index in [-0.39, 0.29) is 36.4 Å². The Labute approximate surface area is 162 Å². The molecule has 0 aliphatic heterocycles. The van der Waals surface area contributed by atoms with Crippen LogP contribution in [0.15, 0.2) is 24.3 Å². The second-order valence-corrected chi connectivity index (χ2v) is 7.76. The molecule has 1 aliphatic carbocycles. The van der Waals surface area contributed by atoms with Crippen LogP contribution in [0.4, 0.5) is 0 Å². The van der Waals surface area contributed by atoms with Crippen molar-refractivity contribution < 1.29 is 19.8 Å². The van der Waals surface area contributed by atoms with Crippen molar-refractivity contribution in [3.8, 4) is 6.07 Å². The monoisotopic (exact) mass is 375 g/mol. The van der Waals surface area contributed by atoms with Gasteiger partial charge in [0, 0.05) is 24.7 Å². The third-order valence-corrected chi connectivity index (χ3v) is 5.21. The molecule has 4 atom stereocenters. The predicted molar refractivity (Wildman–Crippen MR) is 105 cm³/mol. The van der Waals surface area contributed by atoms with Gasteiger partial charge in [-0.1, -0.05) is 50.5 Å². The van der Waals surface area contributed by atoms with Crippen LogP contribution in [0, 0.1) is 29.1 Å². The molecule has 0 radical (unpaired) electrons. The van der Waals surface area contributed by atoms with Gasteiger partial charge in [0.05, 0.1) is 17.6 Å². The zero-order valence-corrected chi connectivity index (χ0v) is 16.6. The van der Waals surface area contributed by atoms with E-state index in [4.69, 9.17) is 5.11 Å². The Balaban J connectivity index is 2.68. The van der Waals surface area contributed by atoms with E-state index in [2.05, 4.69) is 13.0 Å². The molecule has 5 nitrogen and oxygen atoms in total. The molecule has 1 fully saturated rings. The minimum atomic E-state index is -0.919. The normalized spacial score (nSPS) is 25.1. The third-order valence-electron chi connectivity index (χ3n) is 5.21. The highest BCUT2D eigenvalue weighted by atomic mass is 16.4. The van der Waals surface area contributed by atoms with Crippen molar-refractivity contribution in [1.82, 2.24) is 0 Å². The van der Waals surface area contributed by atoms with E-state index >= 15 is 0 Å². The first-order valence-corrected chi connectivity index (χ1v) is 10.0. The van der Waals surface area contributed by atoms with Crippen LogP contribution in [-0.2, 0) is 9.59 Å². The third kappa shape index (κ3) is 8.53. The molecular formula is C22H33NO4. The number of hydrogen-bond acceptors (Lipinski definition) is 4. The first-order chi connectivity index (χ1) is 12.8. The quantitative estimate of drug-likeness (QED) is 0.388. The van der Waals surface area contributed by atoms with Crippen molar-refractivity contribution in [3.05, 3.63) is 24.3 Å². The Morgan fingerprint density at radius 1 is 1.33 bits per heavy atom. The molecule has 0 aromatic heterocycles. The molecule has 0 heterocycles. The van der Waals surface area contributed by atoms with Crippen molar-refractivity contribution >= 4 is 11.8 Å². The lowest BCUT2D eigenvalue weighted by molar-refractivity contribution is -0.137. The van der Waals surface area contributed by atoms with E-state index in [1.165, 1.54) is 0 Å². The molecule has 1 rings (SSSR count). The lowest BCUT2D eigenvalue weighted by atomic mass is 9.85. The summed E-state index contributed by atoms with van der Waals surface area (Å²) < 4.78 is 0. The number of carbonyl (C=O) groups excluding carboxylic acids is 1. The maximum atomic E-state index is 12.3. The zero-order chi connectivity index (χ0) is 20.3. The molecule has 150 valence electrons. The summed E-state index contributed by atoms with van der Waals surface area (Å²) in [5, 5.41) is 28.5. The lowest BCUT2D eigenvalue weighted by Gasteiger charge is -2.21. The Hall–Kier alpha value is -1.93. The lowest BCUT2D eigenvalue weighted by Crippen LogP contribution is -2.22. The number of ketones is 1. The van der Waals surface area contributed by atoms with Gasteiger partial charge in [-0.3, -0.25) is 9.59 Å². The fraction of sp³-hybridized carbons (Fsp3) is 0.682. The smallest absolute Gasteiger partial charge is 0.303 e. The molecule has 5 heteroatoms. The number of carboxylic acid groups (broad SMARTS) is 1. The first kappa shape index (κ1) is 23.1. The number of rotatable bonds is 12. The standard InChI is InChI=1S/C22H33NO4/c1-3-4-9-13-22(2,27)14-12-18-17(16-23)15-20(24)19(18)10-7-5-6-8-11-21(25)26/h5,7,12,14,17-19,27H,3-4,6,8-11,13,15H2,1-2H3,(H,25,26)/b7-5+,14-12+/t17-,18?,19?,22?/m1/s1.